The summed E-state index contributed by atoms with van der Waals surface area (Å²) < 4.78 is 4.81. The van der Waals surface area contributed by atoms with Crippen molar-refractivity contribution in [2.75, 3.05) is 0 Å². The molecule has 0 fully saturated rings. The van der Waals surface area contributed by atoms with Gasteiger partial charge in [-0.15, -0.1) is 0 Å². The van der Waals surface area contributed by atoms with Crippen LogP contribution in [0.2, 0.25) is 0 Å². The minimum atomic E-state index is 0.801. The predicted octanol–water partition coefficient (Wildman–Crippen LogP) is 2.65. The molecule has 1 heterocycles. The molecule has 2 nitrogen and oxygen atoms in total. The van der Waals surface area contributed by atoms with E-state index in [1.807, 2.05) is 12.2 Å². The highest BCUT2D eigenvalue weighted by Gasteiger charge is 1.95. The lowest BCUT2D eigenvalue weighted by Crippen LogP contribution is -1.75. The van der Waals surface area contributed by atoms with Crippen LogP contribution in [0.25, 0.3) is 5.57 Å². The number of aromatic nitrogens is 1. The number of nitrogens with zero attached hydrogens (tertiary/aromatic N) is 1. The highest BCUT2D eigenvalue weighted by Crippen LogP contribution is 2.10. The minimum Gasteiger partial charge on any atom is -0.451 e. The van der Waals surface area contributed by atoms with Crippen LogP contribution < -0.4 is 0 Å². The van der Waals surface area contributed by atoms with Crippen LogP contribution in [-0.2, 0) is 0 Å². The number of rotatable bonds is 3. The van der Waals surface area contributed by atoms with Crippen molar-refractivity contribution in [2.45, 2.75) is 13.3 Å². The van der Waals surface area contributed by atoms with Crippen molar-refractivity contribution >= 4 is 5.57 Å². The molecule has 0 atom stereocenters. The summed E-state index contributed by atoms with van der Waals surface area (Å²) in [5.74, 6) is 0. The Labute approximate surface area is 66.3 Å². The molecule has 0 aliphatic rings. The van der Waals surface area contributed by atoms with Gasteiger partial charge in [-0.2, -0.15) is 0 Å². The third-order valence-electron chi connectivity index (χ3n) is 1.32. The van der Waals surface area contributed by atoms with Gasteiger partial charge >= 0.3 is 0 Å². The Morgan fingerprint density at radius 3 is 3.18 bits per heavy atom. The van der Waals surface area contributed by atoms with Crippen LogP contribution in [0.3, 0.4) is 0 Å². The molecule has 0 radical (unpaired) electrons. The van der Waals surface area contributed by atoms with Gasteiger partial charge in [-0.25, -0.2) is 4.98 Å². The standard InChI is InChI=1S/C9H11NO/c1-3-4-5-8(2)9-6-11-7-10-9/h4-7H,2-3H2,1H3/b5-4-. The quantitative estimate of drug-likeness (QED) is 0.617. The average Bonchev–Trinajstić information content (AvgIpc) is 2.52. The van der Waals surface area contributed by atoms with E-state index < -0.39 is 0 Å². The monoisotopic (exact) mass is 149 g/mol. The summed E-state index contributed by atoms with van der Waals surface area (Å²) in [4.78, 5) is 3.95. The molecule has 1 rings (SSSR count). The van der Waals surface area contributed by atoms with E-state index in [-0.39, 0.29) is 0 Å². The van der Waals surface area contributed by atoms with E-state index in [0.717, 1.165) is 17.7 Å². The lowest BCUT2D eigenvalue weighted by Gasteiger charge is -1.89. The van der Waals surface area contributed by atoms with Gasteiger partial charge in [0.15, 0.2) is 6.39 Å². The van der Waals surface area contributed by atoms with Gasteiger partial charge < -0.3 is 4.42 Å². The molecule has 2 heteroatoms. The third kappa shape index (κ3) is 2.08. The largest absolute Gasteiger partial charge is 0.451 e. The van der Waals surface area contributed by atoms with E-state index in [4.69, 9.17) is 4.42 Å². The normalized spacial score (nSPS) is 10.6. The van der Waals surface area contributed by atoms with Gasteiger partial charge in [-0.3, -0.25) is 0 Å². The van der Waals surface area contributed by atoms with E-state index in [9.17, 15) is 0 Å². The summed E-state index contributed by atoms with van der Waals surface area (Å²) >= 11 is 0. The van der Waals surface area contributed by atoms with Crippen LogP contribution >= 0.6 is 0 Å². The predicted molar refractivity (Wildman–Crippen MR) is 45.0 cm³/mol. The maximum Gasteiger partial charge on any atom is 0.181 e. The fourth-order valence-corrected chi connectivity index (χ4v) is 0.717. The van der Waals surface area contributed by atoms with Gasteiger partial charge in [0, 0.05) is 0 Å². The van der Waals surface area contributed by atoms with Crippen molar-refractivity contribution in [3.63, 3.8) is 0 Å². The van der Waals surface area contributed by atoms with Crippen LogP contribution in [0.5, 0.6) is 0 Å². The topological polar surface area (TPSA) is 26.0 Å². The zero-order valence-corrected chi connectivity index (χ0v) is 6.58. The SMILES string of the molecule is C=C(/C=C\CC)c1cocn1. The smallest absolute Gasteiger partial charge is 0.181 e. The molecule has 11 heavy (non-hydrogen) atoms. The van der Waals surface area contributed by atoms with Crippen molar-refractivity contribution in [1.82, 2.24) is 4.98 Å². The second kappa shape index (κ2) is 3.76. The lowest BCUT2D eigenvalue weighted by molar-refractivity contribution is 0.557. The fraction of sp³-hybridized carbons (Fsp3) is 0.222. The molecule has 58 valence electrons. The first kappa shape index (κ1) is 7.79. The van der Waals surface area contributed by atoms with Crippen LogP contribution in [-0.4, -0.2) is 4.98 Å². The third-order valence-corrected chi connectivity index (χ3v) is 1.32. The Hall–Kier alpha value is -1.31. The molecule has 0 aliphatic carbocycles. The summed E-state index contributed by atoms with van der Waals surface area (Å²) in [6.45, 7) is 5.90. The van der Waals surface area contributed by atoms with Crippen molar-refractivity contribution < 1.29 is 4.42 Å². The molecule has 0 spiro atoms. The Bertz CT molecular complexity index is 247. The lowest BCUT2D eigenvalue weighted by atomic mass is 10.2. The van der Waals surface area contributed by atoms with E-state index >= 15 is 0 Å². The molecule has 0 unspecified atom stereocenters. The molecule has 0 N–H and O–H groups in total. The Morgan fingerprint density at radius 2 is 2.64 bits per heavy atom. The second-order valence-corrected chi connectivity index (χ2v) is 2.21. The van der Waals surface area contributed by atoms with Gasteiger partial charge in [0.1, 0.15) is 12.0 Å². The number of hydrogen-bond acceptors (Lipinski definition) is 2. The summed E-state index contributed by atoms with van der Waals surface area (Å²) in [5, 5.41) is 0. The first-order chi connectivity index (χ1) is 5.34. The minimum absolute atomic E-state index is 0.801. The van der Waals surface area contributed by atoms with Crippen molar-refractivity contribution in [2.24, 2.45) is 0 Å². The molecular weight excluding hydrogens is 138 g/mol. The van der Waals surface area contributed by atoms with Crippen LogP contribution in [0.1, 0.15) is 19.0 Å². The number of allylic oxidation sites excluding steroid dienone is 3. The van der Waals surface area contributed by atoms with Gasteiger partial charge in [0.05, 0.1) is 0 Å². The van der Waals surface area contributed by atoms with E-state index in [0.29, 0.717) is 0 Å². The first-order valence-corrected chi connectivity index (χ1v) is 3.58. The van der Waals surface area contributed by atoms with Gasteiger partial charge in [0.25, 0.3) is 0 Å². The van der Waals surface area contributed by atoms with Crippen LogP contribution in [0.4, 0.5) is 0 Å². The van der Waals surface area contributed by atoms with Gasteiger partial charge in [-0.05, 0) is 12.0 Å². The molecule has 0 bridgehead atoms. The van der Waals surface area contributed by atoms with E-state index in [2.05, 4.69) is 18.5 Å². The molecule has 0 aliphatic heterocycles. The molecule has 0 saturated heterocycles. The summed E-state index contributed by atoms with van der Waals surface area (Å²) in [5.41, 5.74) is 1.69. The molecule has 0 saturated carbocycles. The number of hydrogen-bond donors (Lipinski definition) is 0. The average molecular weight is 149 g/mol. The highest BCUT2D eigenvalue weighted by atomic mass is 16.3. The Balaban J connectivity index is 2.64. The summed E-state index contributed by atoms with van der Waals surface area (Å²) in [6.07, 6.45) is 7.98. The van der Waals surface area contributed by atoms with E-state index in [1.165, 1.54) is 6.39 Å². The van der Waals surface area contributed by atoms with Crippen molar-refractivity contribution in [3.8, 4) is 0 Å². The van der Waals surface area contributed by atoms with Gasteiger partial charge in [0.2, 0.25) is 0 Å². The molecule has 0 amide bonds. The molecular formula is C9H11NO. The summed E-state index contributed by atoms with van der Waals surface area (Å²) in [6, 6.07) is 0. The second-order valence-electron chi connectivity index (χ2n) is 2.21. The first-order valence-electron chi connectivity index (χ1n) is 3.58. The van der Waals surface area contributed by atoms with Crippen molar-refractivity contribution in [1.29, 1.82) is 0 Å². The fourth-order valence-electron chi connectivity index (χ4n) is 0.717. The van der Waals surface area contributed by atoms with Crippen molar-refractivity contribution in [3.05, 3.63) is 37.1 Å². The van der Waals surface area contributed by atoms with Gasteiger partial charge in [-0.1, -0.05) is 25.7 Å². The zero-order valence-electron chi connectivity index (χ0n) is 6.58. The zero-order chi connectivity index (χ0) is 8.10. The summed E-state index contributed by atoms with van der Waals surface area (Å²) in [7, 11) is 0. The maximum absolute atomic E-state index is 4.81. The molecule has 1 aromatic heterocycles. The molecule has 0 aromatic carbocycles. The Kier molecular flexibility index (Phi) is 2.66. The highest BCUT2D eigenvalue weighted by molar-refractivity contribution is 5.68. The number of oxazole rings is 1. The van der Waals surface area contributed by atoms with Crippen LogP contribution in [0.15, 0.2) is 35.8 Å². The molecule has 1 aromatic rings. The van der Waals surface area contributed by atoms with Crippen LogP contribution in [0, 0.1) is 0 Å². The Morgan fingerprint density at radius 1 is 1.82 bits per heavy atom. The maximum atomic E-state index is 4.81. The van der Waals surface area contributed by atoms with E-state index in [1.54, 1.807) is 6.26 Å².